The topological polar surface area (TPSA) is 134 Å². The molecule has 2 unspecified atom stereocenters. The van der Waals surface area contributed by atoms with Crippen molar-refractivity contribution in [3.8, 4) is 0 Å². The molecule has 6 rings (SSSR count). The van der Waals surface area contributed by atoms with E-state index < -0.39 is 38.6 Å². The molecule has 1 fully saturated rings. The number of non-ortho nitro benzene ring substituents is 1. The largest absolute Gasteiger partial charge is 0.456 e. The van der Waals surface area contributed by atoms with E-state index in [9.17, 15) is 24.5 Å². The molecule has 0 bridgehead atoms. The van der Waals surface area contributed by atoms with Gasteiger partial charge in [0.2, 0.25) is 0 Å². The lowest BCUT2D eigenvalue weighted by atomic mass is 9.86. The molecular weight excluding hydrogens is 624 g/mol. The molecule has 206 valence electrons. The zero-order chi connectivity index (χ0) is 28.2. The van der Waals surface area contributed by atoms with E-state index in [0.29, 0.717) is 11.1 Å². The molecule has 2 aromatic carbocycles. The standard InChI is InChI=1S/C26H21BrN4O7S2/c1-14(32)38-21(16-5-8-18-19(11-16)29-9-2-10-39-25(29)28-18)26(27)23(34)30-20(13-40-24(26)30)22(33)37-12-15-3-6-17(7-4-15)31(35)36/h3-8,11,13,21,24H,2,9-10,12H2,1H3/t21?,24-,26?/m1/s1. The Hall–Kier alpha value is -3.36. The first kappa shape index (κ1) is 26.8. The average molecular weight is 646 g/mol. The van der Waals surface area contributed by atoms with Crippen LogP contribution < -0.4 is 0 Å². The Balaban J connectivity index is 1.22. The first-order chi connectivity index (χ1) is 19.2. The number of hydrogen-bond acceptors (Lipinski definition) is 10. The van der Waals surface area contributed by atoms with Crippen LogP contribution in [0.2, 0.25) is 0 Å². The summed E-state index contributed by atoms with van der Waals surface area (Å²) in [4.78, 5) is 55.1. The number of halogens is 1. The second kappa shape index (κ2) is 10.2. The van der Waals surface area contributed by atoms with Crippen molar-refractivity contribution in [2.75, 3.05) is 5.75 Å². The number of alkyl halides is 1. The number of nitrogens with zero attached hydrogens (tertiary/aromatic N) is 4. The lowest BCUT2D eigenvalue weighted by molar-refractivity contribution is -0.384. The van der Waals surface area contributed by atoms with Gasteiger partial charge < -0.3 is 14.0 Å². The summed E-state index contributed by atoms with van der Waals surface area (Å²) in [6.45, 7) is 2.01. The van der Waals surface area contributed by atoms with Crippen molar-refractivity contribution >= 4 is 74.0 Å². The number of rotatable bonds is 7. The predicted octanol–water partition coefficient (Wildman–Crippen LogP) is 4.68. The van der Waals surface area contributed by atoms with Gasteiger partial charge in [-0.1, -0.05) is 33.8 Å². The van der Waals surface area contributed by atoms with E-state index in [2.05, 4.69) is 20.5 Å². The van der Waals surface area contributed by atoms with Crippen LogP contribution in [-0.4, -0.2) is 52.7 Å². The van der Waals surface area contributed by atoms with Crippen LogP contribution in [0.1, 0.15) is 30.6 Å². The fourth-order valence-electron chi connectivity index (χ4n) is 4.98. The van der Waals surface area contributed by atoms with Gasteiger partial charge in [0.1, 0.15) is 17.7 Å². The van der Waals surface area contributed by atoms with Gasteiger partial charge in [-0.15, -0.1) is 11.8 Å². The highest BCUT2D eigenvalue weighted by molar-refractivity contribution is 9.10. The summed E-state index contributed by atoms with van der Waals surface area (Å²) >= 11 is 6.56. The van der Waals surface area contributed by atoms with E-state index in [-0.39, 0.29) is 18.0 Å². The first-order valence-corrected chi connectivity index (χ1v) is 15.0. The number of carbonyl (C=O) groups excluding carboxylic acids is 3. The molecule has 0 N–H and O–H groups in total. The van der Waals surface area contributed by atoms with Crippen molar-refractivity contribution in [2.45, 2.75) is 47.5 Å². The number of aryl methyl sites for hydroxylation is 1. The van der Waals surface area contributed by atoms with Crippen molar-refractivity contribution in [1.82, 2.24) is 14.5 Å². The Bertz CT molecular complexity index is 1610. The number of imidazole rings is 1. The van der Waals surface area contributed by atoms with Crippen molar-refractivity contribution in [2.24, 2.45) is 0 Å². The molecule has 3 aliphatic rings. The van der Waals surface area contributed by atoms with E-state index in [1.165, 1.54) is 47.9 Å². The molecule has 3 aliphatic heterocycles. The maximum absolute atomic E-state index is 13.6. The lowest BCUT2D eigenvalue weighted by Gasteiger charge is -2.51. The van der Waals surface area contributed by atoms with E-state index in [4.69, 9.17) is 14.5 Å². The van der Waals surface area contributed by atoms with Gasteiger partial charge >= 0.3 is 11.9 Å². The molecule has 1 aromatic heterocycles. The fraction of sp³-hybridized carbons (Fsp3) is 0.308. The van der Waals surface area contributed by atoms with E-state index >= 15 is 0 Å². The molecule has 0 saturated carbocycles. The molecule has 11 nitrogen and oxygen atoms in total. The highest BCUT2D eigenvalue weighted by atomic mass is 79.9. The highest BCUT2D eigenvalue weighted by Crippen LogP contribution is 2.58. The molecule has 14 heteroatoms. The molecule has 4 heterocycles. The number of fused-ring (bicyclic) bond motifs is 4. The second-order valence-electron chi connectivity index (χ2n) is 9.42. The zero-order valence-electron chi connectivity index (χ0n) is 20.9. The van der Waals surface area contributed by atoms with E-state index in [1.807, 2.05) is 18.2 Å². The maximum atomic E-state index is 13.6. The molecule has 3 aromatic rings. The zero-order valence-corrected chi connectivity index (χ0v) is 24.2. The fourth-order valence-corrected chi connectivity index (χ4v) is 8.24. The van der Waals surface area contributed by atoms with Gasteiger partial charge in [0.05, 0.1) is 16.0 Å². The van der Waals surface area contributed by atoms with Crippen molar-refractivity contribution < 1.29 is 28.8 Å². The lowest BCUT2D eigenvalue weighted by Crippen LogP contribution is -2.70. The predicted molar refractivity (Wildman–Crippen MR) is 150 cm³/mol. The summed E-state index contributed by atoms with van der Waals surface area (Å²) in [5.41, 5.74) is 2.95. The number of β-lactam (4-membered cyclic amide) rings is 1. The molecule has 1 saturated heterocycles. The van der Waals surface area contributed by atoms with Gasteiger partial charge in [-0.05, 0) is 41.8 Å². The van der Waals surface area contributed by atoms with Crippen molar-refractivity contribution in [1.29, 1.82) is 0 Å². The van der Waals surface area contributed by atoms with Crippen LogP contribution in [0, 0.1) is 10.1 Å². The third-order valence-corrected chi connectivity index (χ3v) is 10.7. The van der Waals surface area contributed by atoms with Gasteiger partial charge in [-0.2, -0.15) is 0 Å². The van der Waals surface area contributed by atoms with Gasteiger partial charge in [-0.25, -0.2) is 9.78 Å². The Labute approximate surface area is 244 Å². The molecule has 40 heavy (non-hydrogen) atoms. The number of esters is 2. The van der Waals surface area contributed by atoms with Gasteiger partial charge in [0.25, 0.3) is 11.6 Å². The Kier molecular flexibility index (Phi) is 6.87. The van der Waals surface area contributed by atoms with Crippen LogP contribution in [0.15, 0.2) is 58.7 Å². The number of carbonyl (C=O) groups is 3. The van der Waals surface area contributed by atoms with Crippen molar-refractivity contribution in [3.05, 3.63) is 74.8 Å². The van der Waals surface area contributed by atoms with Crippen LogP contribution in [-0.2, 0) is 37.0 Å². The summed E-state index contributed by atoms with van der Waals surface area (Å²) in [5.74, 6) is -0.672. The molecule has 0 aliphatic carbocycles. The van der Waals surface area contributed by atoms with Crippen LogP contribution in [0.3, 0.4) is 0 Å². The average Bonchev–Trinajstić information content (AvgIpc) is 3.54. The normalized spacial score (nSPS) is 22.1. The number of nitro benzene ring substituents is 1. The number of aromatic nitrogens is 2. The van der Waals surface area contributed by atoms with E-state index in [1.54, 1.807) is 17.2 Å². The molecule has 0 spiro atoms. The Morgan fingerprint density at radius 2 is 2.05 bits per heavy atom. The number of benzene rings is 2. The van der Waals surface area contributed by atoms with Gasteiger partial charge in [-0.3, -0.25) is 24.6 Å². The van der Waals surface area contributed by atoms with Crippen LogP contribution >= 0.6 is 39.5 Å². The van der Waals surface area contributed by atoms with Crippen molar-refractivity contribution in [3.63, 3.8) is 0 Å². The third kappa shape index (κ3) is 4.38. The van der Waals surface area contributed by atoms with Gasteiger partial charge in [0, 0.05) is 36.8 Å². The minimum absolute atomic E-state index is 0.0684. The Morgan fingerprint density at radius 1 is 1.27 bits per heavy atom. The quantitative estimate of drug-likeness (QED) is 0.117. The minimum Gasteiger partial charge on any atom is -0.456 e. The molecular formula is C26H21BrN4O7S2. The number of hydrogen-bond donors (Lipinski definition) is 0. The smallest absolute Gasteiger partial charge is 0.355 e. The molecule has 0 radical (unpaired) electrons. The number of thioether (sulfide) groups is 2. The maximum Gasteiger partial charge on any atom is 0.355 e. The summed E-state index contributed by atoms with van der Waals surface area (Å²) in [6, 6.07) is 11.2. The number of nitro groups is 1. The molecule has 3 atom stereocenters. The summed E-state index contributed by atoms with van der Waals surface area (Å²) in [7, 11) is 0. The SMILES string of the molecule is CC(=O)OC(c1ccc2nc3n(c2c1)CCCS3)C1(Br)C(=O)N2C(C(=O)OCc3ccc([N+](=O)[O-])cc3)=CS[C@@H]21. The third-order valence-electron chi connectivity index (χ3n) is 6.90. The summed E-state index contributed by atoms with van der Waals surface area (Å²) in [5, 5.41) is 12.8. The number of amides is 1. The first-order valence-electron chi connectivity index (χ1n) is 12.3. The summed E-state index contributed by atoms with van der Waals surface area (Å²) < 4.78 is 12.0. The van der Waals surface area contributed by atoms with E-state index in [0.717, 1.165) is 34.9 Å². The molecule has 1 amide bonds. The van der Waals surface area contributed by atoms with Crippen LogP contribution in [0.5, 0.6) is 0 Å². The number of ether oxygens (including phenoxy) is 2. The Morgan fingerprint density at radius 3 is 2.77 bits per heavy atom. The van der Waals surface area contributed by atoms with Crippen LogP contribution in [0.4, 0.5) is 5.69 Å². The van der Waals surface area contributed by atoms with Crippen LogP contribution in [0.25, 0.3) is 11.0 Å². The minimum atomic E-state index is -1.31. The highest BCUT2D eigenvalue weighted by Gasteiger charge is 2.69. The summed E-state index contributed by atoms with van der Waals surface area (Å²) in [6.07, 6.45) is 0.0613. The van der Waals surface area contributed by atoms with Gasteiger partial charge in [0.15, 0.2) is 15.6 Å². The monoisotopic (exact) mass is 644 g/mol. The second-order valence-corrected chi connectivity index (χ2v) is 12.7.